The van der Waals surface area contributed by atoms with Gasteiger partial charge in [0.1, 0.15) is 0 Å². The molecule has 104 valence electrons. The molecule has 4 nitrogen and oxygen atoms in total. The highest BCUT2D eigenvalue weighted by atomic mass is 16.5. The van der Waals surface area contributed by atoms with Gasteiger partial charge in [0.2, 0.25) is 0 Å². The van der Waals surface area contributed by atoms with Crippen LogP contribution in [0.25, 0.3) is 0 Å². The van der Waals surface area contributed by atoms with Gasteiger partial charge in [-0.1, -0.05) is 30.3 Å². The molecule has 1 aliphatic heterocycles. The number of esters is 1. The number of carbonyl (C=O) groups is 1. The largest absolute Gasteiger partial charge is 0.466 e. The van der Waals surface area contributed by atoms with E-state index in [-0.39, 0.29) is 17.9 Å². The van der Waals surface area contributed by atoms with Crippen LogP contribution in [-0.2, 0) is 16.1 Å². The minimum absolute atomic E-state index is 0.0777. The molecule has 0 bridgehead atoms. The van der Waals surface area contributed by atoms with Crippen molar-refractivity contribution in [2.45, 2.75) is 25.9 Å². The van der Waals surface area contributed by atoms with Crippen LogP contribution in [0.4, 0.5) is 0 Å². The van der Waals surface area contributed by atoms with Crippen LogP contribution in [0.15, 0.2) is 30.3 Å². The van der Waals surface area contributed by atoms with E-state index in [1.807, 2.05) is 25.1 Å². The van der Waals surface area contributed by atoms with Crippen LogP contribution in [0.1, 0.15) is 18.9 Å². The lowest BCUT2D eigenvalue weighted by molar-refractivity contribution is -0.150. The second-order valence-electron chi connectivity index (χ2n) is 5.03. The zero-order valence-corrected chi connectivity index (χ0v) is 11.4. The first-order valence-corrected chi connectivity index (χ1v) is 6.89. The predicted molar refractivity (Wildman–Crippen MR) is 74.4 cm³/mol. The first-order chi connectivity index (χ1) is 9.20. The zero-order chi connectivity index (χ0) is 13.7. The SMILES string of the molecule is CCOC(=O)C1CN(Cc2ccccc2)CCC1N. The van der Waals surface area contributed by atoms with E-state index < -0.39 is 0 Å². The van der Waals surface area contributed by atoms with E-state index in [0.29, 0.717) is 13.2 Å². The molecule has 19 heavy (non-hydrogen) atoms. The molecule has 4 heteroatoms. The van der Waals surface area contributed by atoms with Crippen molar-refractivity contribution < 1.29 is 9.53 Å². The average molecular weight is 262 g/mol. The third-order valence-electron chi connectivity index (χ3n) is 3.59. The van der Waals surface area contributed by atoms with E-state index in [1.165, 1.54) is 5.56 Å². The molecule has 2 N–H and O–H groups in total. The molecule has 0 saturated carbocycles. The van der Waals surface area contributed by atoms with Gasteiger partial charge in [0.25, 0.3) is 0 Å². The number of likely N-dealkylation sites (tertiary alicyclic amines) is 1. The summed E-state index contributed by atoms with van der Waals surface area (Å²) >= 11 is 0. The van der Waals surface area contributed by atoms with Crippen LogP contribution in [0.2, 0.25) is 0 Å². The van der Waals surface area contributed by atoms with Crippen LogP contribution >= 0.6 is 0 Å². The molecule has 0 radical (unpaired) electrons. The Balaban J connectivity index is 1.95. The number of rotatable bonds is 4. The number of hydrogen-bond acceptors (Lipinski definition) is 4. The molecule has 0 spiro atoms. The molecule has 1 fully saturated rings. The Morgan fingerprint density at radius 1 is 1.42 bits per heavy atom. The summed E-state index contributed by atoms with van der Waals surface area (Å²) in [5.74, 6) is -0.356. The molecule has 1 saturated heterocycles. The first kappa shape index (κ1) is 14.0. The molecule has 1 heterocycles. The van der Waals surface area contributed by atoms with Gasteiger partial charge >= 0.3 is 5.97 Å². The van der Waals surface area contributed by atoms with Gasteiger partial charge in [-0.15, -0.1) is 0 Å². The Morgan fingerprint density at radius 3 is 2.84 bits per heavy atom. The first-order valence-electron chi connectivity index (χ1n) is 6.89. The van der Waals surface area contributed by atoms with Crippen molar-refractivity contribution in [2.75, 3.05) is 19.7 Å². The lowest BCUT2D eigenvalue weighted by Gasteiger charge is -2.35. The van der Waals surface area contributed by atoms with Crippen molar-refractivity contribution >= 4 is 5.97 Å². The predicted octanol–water partition coefficient (Wildman–Crippen LogP) is 1.40. The molecule has 1 aromatic rings. The Bertz CT molecular complexity index is 408. The summed E-state index contributed by atoms with van der Waals surface area (Å²) < 4.78 is 5.10. The van der Waals surface area contributed by atoms with Gasteiger partial charge < -0.3 is 10.5 Å². The summed E-state index contributed by atoms with van der Waals surface area (Å²) in [5.41, 5.74) is 7.30. The number of carbonyl (C=O) groups excluding carboxylic acids is 1. The van der Waals surface area contributed by atoms with E-state index in [9.17, 15) is 4.79 Å². The van der Waals surface area contributed by atoms with E-state index in [4.69, 9.17) is 10.5 Å². The van der Waals surface area contributed by atoms with E-state index >= 15 is 0 Å². The zero-order valence-electron chi connectivity index (χ0n) is 11.4. The molecular weight excluding hydrogens is 240 g/mol. The number of nitrogens with two attached hydrogens (primary N) is 1. The van der Waals surface area contributed by atoms with Crippen LogP contribution in [0.3, 0.4) is 0 Å². The summed E-state index contributed by atoms with van der Waals surface area (Å²) in [4.78, 5) is 14.2. The Labute approximate surface area is 114 Å². The normalized spacial score (nSPS) is 24.1. The topological polar surface area (TPSA) is 55.6 Å². The summed E-state index contributed by atoms with van der Waals surface area (Å²) in [6.45, 7) is 4.74. The van der Waals surface area contributed by atoms with E-state index in [2.05, 4.69) is 17.0 Å². The van der Waals surface area contributed by atoms with Crippen molar-refractivity contribution in [3.63, 3.8) is 0 Å². The van der Waals surface area contributed by atoms with Crippen molar-refractivity contribution in [3.05, 3.63) is 35.9 Å². The fraction of sp³-hybridized carbons (Fsp3) is 0.533. The fourth-order valence-corrected chi connectivity index (χ4v) is 2.52. The quantitative estimate of drug-likeness (QED) is 0.833. The molecular formula is C15H22N2O2. The molecule has 2 rings (SSSR count). The smallest absolute Gasteiger partial charge is 0.311 e. The van der Waals surface area contributed by atoms with Gasteiger partial charge in [0.05, 0.1) is 12.5 Å². The van der Waals surface area contributed by atoms with Crippen molar-refractivity contribution in [1.29, 1.82) is 0 Å². The number of ether oxygens (including phenoxy) is 1. The minimum atomic E-state index is -0.197. The summed E-state index contributed by atoms with van der Waals surface area (Å²) in [5, 5.41) is 0. The maximum absolute atomic E-state index is 11.9. The van der Waals surface area contributed by atoms with Crippen molar-refractivity contribution in [2.24, 2.45) is 11.7 Å². The van der Waals surface area contributed by atoms with Crippen LogP contribution in [0, 0.1) is 5.92 Å². The third kappa shape index (κ3) is 3.78. The van der Waals surface area contributed by atoms with Crippen LogP contribution in [-0.4, -0.2) is 36.6 Å². The van der Waals surface area contributed by atoms with E-state index in [0.717, 1.165) is 19.5 Å². The minimum Gasteiger partial charge on any atom is -0.466 e. The van der Waals surface area contributed by atoms with Gasteiger partial charge in [0.15, 0.2) is 0 Å². The lowest BCUT2D eigenvalue weighted by Crippen LogP contribution is -2.50. The van der Waals surface area contributed by atoms with Crippen LogP contribution < -0.4 is 5.73 Å². The summed E-state index contributed by atoms with van der Waals surface area (Å²) in [6, 6.07) is 10.2. The van der Waals surface area contributed by atoms with Gasteiger partial charge in [-0.25, -0.2) is 0 Å². The maximum Gasteiger partial charge on any atom is 0.311 e. The number of piperidine rings is 1. The highest BCUT2D eigenvalue weighted by Crippen LogP contribution is 2.19. The summed E-state index contributed by atoms with van der Waals surface area (Å²) in [6.07, 6.45) is 0.844. The highest BCUT2D eigenvalue weighted by Gasteiger charge is 2.32. The monoisotopic (exact) mass is 262 g/mol. The standard InChI is InChI=1S/C15H22N2O2/c1-2-19-15(18)13-11-17(9-8-14(13)16)10-12-6-4-3-5-7-12/h3-7,13-14H,2,8-11,16H2,1H3. The van der Waals surface area contributed by atoms with E-state index in [1.54, 1.807) is 0 Å². The van der Waals surface area contributed by atoms with Crippen LogP contribution in [0.5, 0.6) is 0 Å². The Hall–Kier alpha value is -1.39. The van der Waals surface area contributed by atoms with Crippen molar-refractivity contribution in [3.8, 4) is 0 Å². The molecule has 2 unspecified atom stereocenters. The molecule has 1 aromatic carbocycles. The third-order valence-corrected chi connectivity index (χ3v) is 3.59. The second kappa shape index (κ2) is 6.68. The number of nitrogens with zero attached hydrogens (tertiary/aromatic N) is 1. The molecule has 1 aliphatic rings. The Kier molecular flexibility index (Phi) is 4.93. The molecule has 0 aromatic heterocycles. The number of benzene rings is 1. The molecule has 0 amide bonds. The van der Waals surface area contributed by atoms with Gasteiger partial charge in [-0.3, -0.25) is 9.69 Å². The molecule has 2 atom stereocenters. The van der Waals surface area contributed by atoms with Gasteiger partial charge in [-0.05, 0) is 18.9 Å². The summed E-state index contributed by atoms with van der Waals surface area (Å²) in [7, 11) is 0. The average Bonchev–Trinajstić information content (AvgIpc) is 2.42. The van der Waals surface area contributed by atoms with Gasteiger partial charge in [-0.2, -0.15) is 0 Å². The van der Waals surface area contributed by atoms with Crippen molar-refractivity contribution in [1.82, 2.24) is 4.90 Å². The molecule has 0 aliphatic carbocycles. The van der Waals surface area contributed by atoms with Gasteiger partial charge in [0, 0.05) is 25.7 Å². The maximum atomic E-state index is 11.9. The number of hydrogen-bond donors (Lipinski definition) is 1. The second-order valence-corrected chi connectivity index (χ2v) is 5.03. The lowest BCUT2D eigenvalue weighted by atomic mass is 9.92. The fourth-order valence-electron chi connectivity index (χ4n) is 2.52. The highest BCUT2D eigenvalue weighted by molar-refractivity contribution is 5.73. The Morgan fingerprint density at radius 2 is 2.16 bits per heavy atom.